The van der Waals surface area contributed by atoms with Crippen molar-refractivity contribution in [3.63, 3.8) is 0 Å². The molecule has 0 unspecified atom stereocenters. The molecule has 2 aliphatic heterocycles. The summed E-state index contributed by atoms with van der Waals surface area (Å²) in [6, 6.07) is 0. The summed E-state index contributed by atoms with van der Waals surface area (Å²) in [6.07, 6.45) is 4.30. The number of carbonyl (C=O) groups excluding carboxylic acids is 1. The van der Waals surface area contributed by atoms with E-state index in [2.05, 4.69) is 22.5 Å². The Kier molecular flexibility index (Phi) is 5.72. The van der Waals surface area contributed by atoms with Crippen LogP contribution in [0.15, 0.2) is 0 Å². The van der Waals surface area contributed by atoms with E-state index in [0.29, 0.717) is 0 Å². The summed E-state index contributed by atoms with van der Waals surface area (Å²) in [7, 11) is 0. The Labute approximate surface area is 135 Å². The molecule has 0 radical (unpaired) electrons. The highest BCUT2D eigenvalue weighted by Gasteiger charge is 2.33. The zero-order valence-electron chi connectivity index (χ0n) is 14.7. The molecular formula is C17H33N3O2. The molecule has 0 saturated carbocycles. The van der Waals surface area contributed by atoms with E-state index < -0.39 is 5.60 Å². The summed E-state index contributed by atoms with van der Waals surface area (Å²) in [5.41, 5.74) is -0.566. The van der Waals surface area contributed by atoms with Crippen molar-refractivity contribution in [2.45, 2.75) is 64.5 Å². The number of rotatable bonds is 3. The van der Waals surface area contributed by atoms with Crippen LogP contribution in [0.3, 0.4) is 0 Å². The van der Waals surface area contributed by atoms with Crippen molar-refractivity contribution >= 4 is 6.09 Å². The maximum Gasteiger partial charge on any atom is 0.408 e. The van der Waals surface area contributed by atoms with Crippen molar-refractivity contribution in [2.24, 2.45) is 5.92 Å². The first-order valence-corrected chi connectivity index (χ1v) is 8.70. The molecular weight excluding hydrogens is 278 g/mol. The molecule has 0 aromatic heterocycles. The Morgan fingerprint density at radius 3 is 2.41 bits per heavy atom. The zero-order valence-corrected chi connectivity index (χ0v) is 14.7. The zero-order chi connectivity index (χ0) is 16.2. The first-order valence-electron chi connectivity index (χ1n) is 8.70. The van der Waals surface area contributed by atoms with Crippen LogP contribution in [0.2, 0.25) is 0 Å². The standard InChI is InChI=1S/C17H33N3O2/c1-16(2,3)22-15(21)19-17(4)7-11-20(12-8-17)13-14-5-9-18-10-6-14/h14,18H,5-13H2,1-4H3,(H,19,21). The first-order chi connectivity index (χ1) is 10.3. The van der Waals surface area contributed by atoms with Crippen LogP contribution in [0.5, 0.6) is 0 Å². The van der Waals surface area contributed by atoms with Crippen molar-refractivity contribution in [3.05, 3.63) is 0 Å². The molecule has 2 rings (SSSR count). The summed E-state index contributed by atoms with van der Waals surface area (Å²) in [6.45, 7) is 13.5. The lowest BCUT2D eigenvalue weighted by Gasteiger charge is -2.41. The molecule has 1 amide bonds. The summed E-state index contributed by atoms with van der Waals surface area (Å²) >= 11 is 0. The summed E-state index contributed by atoms with van der Waals surface area (Å²) in [5, 5.41) is 6.50. The van der Waals surface area contributed by atoms with Crippen LogP contribution in [0.25, 0.3) is 0 Å². The topological polar surface area (TPSA) is 53.6 Å². The second kappa shape index (κ2) is 7.18. The summed E-state index contributed by atoms with van der Waals surface area (Å²) in [4.78, 5) is 14.5. The number of ether oxygens (including phenoxy) is 1. The van der Waals surface area contributed by atoms with Crippen molar-refractivity contribution in [1.82, 2.24) is 15.5 Å². The highest BCUT2D eigenvalue weighted by Crippen LogP contribution is 2.24. The quantitative estimate of drug-likeness (QED) is 0.840. The van der Waals surface area contributed by atoms with Crippen LogP contribution in [0, 0.1) is 5.92 Å². The van der Waals surface area contributed by atoms with E-state index in [1.165, 1.54) is 19.4 Å². The smallest absolute Gasteiger partial charge is 0.408 e. The monoisotopic (exact) mass is 311 g/mol. The van der Waals surface area contributed by atoms with Gasteiger partial charge in [-0.05, 0) is 72.4 Å². The largest absolute Gasteiger partial charge is 0.444 e. The molecule has 0 spiro atoms. The van der Waals surface area contributed by atoms with Crippen molar-refractivity contribution in [1.29, 1.82) is 0 Å². The average Bonchev–Trinajstić information content (AvgIpc) is 2.40. The highest BCUT2D eigenvalue weighted by molar-refractivity contribution is 5.68. The third-order valence-corrected chi connectivity index (χ3v) is 4.74. The molecule has 0 aromatic carbocycles. The third kappa shape index (κ3) is 5.76. The molecule has 2 heterocycles. The first kappa shape index (κ1) is 17.5. The Morgan fingerprint density at radius 1 is 1.27 bits per heavy atom. The number of hydrogen-bond donors (Lipinski definition) is 2. The van der Waals surface area contributed by atoms with Gasteiger partial charge in [0.15, 0.2) is 0 Å². The van der Waals surface area contributed by atoms with Crippen LogP contribution in [-0.2, 0) is 4.74 Å². The fraction of sp³-hybridized carbons (Fsp3) is 0.941. The normalized spacial score (nSPS) is 24.0. The number of carbonyl (C=O) groups is 1. The van der Waals surface area contributed by atoms with Gasteiger partial charge in [-0.1, -0.05) is 0 Å². The van der Waals surface area contributed by atoms with Gasteiger partial charge in [0.05, 0.1) is 0 Å². The van der Waals surface area contributed by atoms with Gasteiger partial charge in [0.25, 0.3) is 0 Å². The molecule has 0 aromatic rings. The summed E-state index contributed by atoms with van der Waals surface area (Å²) < 4.78 is 5.38. The molecule has 2 N–H and O–H groups in total. The van der Waals surface area contributed by atoms with Crippen molar-refractivity contribution in [3.8, 4) is 0 Å². The van der Waals surface area contributed by atoms with Crippen LogP contribution in [0.4, 0.5) is 4.79 Å². The molecule has 0 bridgehead atoms. The molecule has 0 atom stereocenters. The maximum absolute atomic E-state index is 12.0. The number of nitrogens with one attached hydrogen (secondary N) is 2. The molecule has 2 saturated heterocycles. The van der Waals surface area contributed by atoms with Gasteiger partial charge < -0.3 is 20.3 Å². The third-order valence-electron chi connectivity index (χ3n) is 4.74. The molecule has 2 aliphatic rings. The van der Waals surface area contributed by atoms with E-state index >= 15 is 0 Å². The SMILES string of the molecule is CC1(NC(=O)OC(C)(C)C)CCN(CC2CCNCC2)CC1. The summed E-state index contributed by atoms with van der Waals surface area (Å²) in [5.74, 6) is 0.837. The van der Waals surface area contributed by atoms with Gasteiger partial charge in [-0.25, -0.2) is 4.79 Å². The predicted octanol–water partition coefficient (Wildman–Crippen LogP) is 2.37. The van der Waals surface area contributed by atoms with Crippen molar-refractivity contribution in [2.75, 3.05) is 32.7 Å². The van der Waals surface area contributed by atoms with Gasteiger partial charge in [-0.15, -0.1) is 0 Å². The van der Waals surface area contributed by atoms with Crippen LogP contribution in [0.1, 0.15) is 53.4 Å². The second-order valence-electron chi connectivity index (χ2n) is 8.18. The average molecular weight is 311 g/mol. The Morgan fingerprint density at radius 2 is 1.86 bits per heavy atom. The lowest BCUT2D eigenvalue weighted by molar-refractivity contribution is 0.0394. The van der Waals surface area contributed by atoms with Crippen LogP contribution in [-0.4, -0.2) is 54.9 Å². The maximum atomic E-state index is 12.0. The Hall–Kier alpha value is -0.810. The molecule has 5 nitrogen and oxygen atoms in total. The molecule has 0 aliphatic carbocycles. The van der Waals surface area contributed by atoms with Crippen LogP contribution < -0.4 is 10.6 Å². The predicted molar refractivity (Wildman–Crippen MR) is 89.0 cm³/mol. The number of hydrogen-bond acceptors (Lipinski definition) is 4. The second-order valence-corrected chi connectivity index (χ2v) is 8.18. The fourth-order valence-electron chi connectivity index (χ4n) is 3.33. The van der Waals surface area contributed by atoms with Gasteiger partial charge in [-0.3, -0.25) is 0 Å². The van der Waals surface area contributed by atoms with E-state index in [9.17, 15) is 4.79 Å². The highest BCUT2D eigenvalue weighted by atomic mass is 16.6. The minimum atomic E-state index is -0.434. The van der Waals surface area contributed by atoms with E-state index in [1.54, 1.807) is 0 Å². The molecule has 128 valence electrons. The van der Waals surface area contributed by atoms with Gasteiger partial charge in [0.1, 0.15) is 5.60 Å². The van der Waals surface area contributed by atoms with Gasteiger partial charge in [0, 0.05) is 25.2 Å². The lowest BCUT2D eigenvalue weighted by atomic mass is 9.88. The number of amides is 1. The van der Waals surface area contributed by atoms with Crippen molar-refractivity contribution < 1.29 is 9.53 Å². The van der Waals surface area contributed by atoms with Gasteiger partial charge in [0.2, 0.25) is 0 Å². The number of likely N-dealkylation sites (tertiary alicyclic amines) is 1. The lowest BCUT2D eigenvalue weighted by Crippen LogP contribution is -2.54. The molecule has 22 heavy (non-hydrogen) atoms. The van der Waals surface area contributed by atoms with E-state index in [0.717, 1.165) is 44.9 Å². The minimum Gasteiger partial charge on any atom is -0.444 e. The number of nitrogens with zero attached hydrogens (tertiary/aromatic N) is 1. The molecule has 2 fully saturated rings. The fourth-order valence-corrected chi connectivity index (χ4v) is 3.33. The van der Waals surface area contributed by atoms with E-state index in [4.69, 9.17) is 4.74 Å². The van der Waals surface area contributed by atoms with Crippen LogP contribution >= 0.6 is 0 Å². The van der Waals surface area contributed by atoms with E-state index in [1.807, 2.05) is 20.8 Å². The van der Waals surface area contributed by atoms with Gasteiger partial charge in [-0.2, -0.15) is 0 Å². The number of piperidine rings is 2. The van der Waals surface area contributed by atoms with E-state index in [-0.39, 0.29) is 11.6 Å². The Balaban J connectivity index is 1.74. The van der Waals surface area contributed by atoms with Gasteiger partial charge >= 0.3 is 6.09 Å². The Bertz CT molecular complexity index is 365. The number of alkyl carbamates (subject to hydrolysis) is 1. The molecule has 5 heteroatoms. The minimum absolute atomic E-state index is 0.132.